The van der Waals surface area contributed by atoms with Crippen molar-refractivity contribution in [2.45, 2.75) is 40.7 Å². The van der Waals surface area contributed by atoms with Crippen molar-refractivity contribution >= 4 is 23.2 Å². The molecule has 31 heavy (non-hydrogen) atoms. The highest BCUT2D eigenvalue weighted by Gasteiger charge is 2.33. The zero-order valence-electron chi connectivity index (χ0n) is 19.0. The van der Waals surface area contributed by atoms with Gasteiger partial charge >= 0.3 is 5.97 Å². The molecular formula is C24H32N3O4+. The van der Waals surface area contributed by atoms with E-state index >= 15 is 0 Å². The van der Waals surface area contributed by atoms with Gasteiger partial charge in [0.1, 0.15) is 0 Å². The fourth-order valence-corrected chi connectivity index (χ4v) is 4.30. The number of esters is 1. The van der Waals surface area contributed by atoms with Gasteiger partial charge in [-0.15, -0.1) is 0 Å². The predicted octanol–water partition coefficient (Wildman–Crippen LogP) is 1.99. The summed E-state index contributed by atoms with van der Waals surface area (Å²) < 4.78 is 5.13. The molecule has 166 valence electrons. The largest absolute Gasteiger partial charge is 0.462 e. The highest BCUT2D eigenvalue weighted by Crippen LogP contribution is 2.20. The molecule has 0 aliphatic carbocycles. The molecule has 3 rings (SSSR count). The second-order valence-electron chi connectivity index (χ2n) is 8.18. The van der Waals surface area contributed by atoms with Crippen LogP contribution in [0.15, 0.2) is 24.3 Å². The number of rotatable bonds is 7. The molecule has 2 N–H and O–H groups in total. The van der Waals surface area contributed by atoms with Crippen LogP contribution < -0.4 is 9.80 Å². The first-order chi connectivity index (χ1) is 14.7. The third-order valence-corrected chi connectivity index (χ3v) is 6.21. The first kappa shape index (κ1) is 22.7. The van der Waals surface area contributed by atoms with E-state index in [0.29, 0.717) is 34.7 Å². The van der Waals surface area contributed by atoms with Crippen LogP contribution in [0.25, 0.3) is 0 Å². The number of ether oxygens (including phenoxy) is 1. The van der Waals surface area contributed by atoms with Crippen LogP contribution in [-0.4, -0.2) is 61.3 Å². The number of ketones is 2. The van der Waals surface area contributed by atoms with Gasteiger partial charge in [0.25, 0.3) is 0 Å². The van der Waals surface area contributed by atoms with Gasteiger partial charge in [0.15, 0.2) is 11.8 Å². The zero-order chi connectivity index (χ0) is 22.7. The van der Waals surface area contributed by atoms with Crippen molar-refractivity contribution in [1.82, 2.24) is 4.98 Å². The minimum absolute atomic E-state index is 0.0189. The summed E-state index contributed by atoms with van der Waals surface area (Å²) in [5.74, 6) is -0.309. The Morgan fingerprint density at radius 3 is 2.29 bits per heavy atom. The Morgan fingerprint density at radius 2 is 1.74 bits per heavy atom. The molecule has 0 spiro atoms. The molecule has 7 nitrogen and oxygen atoms in total. The molecule has 1 fully saturated rings. The van der Waals surface area contributed by atoms with Crippen molar-refractivity contribution < 1.29 is 24.0 Å². The Kier molecular flexibility index (Phi) is 6.95. The van der Waals surface area contributed by atoms with Gasteiger partial charge in [0, 0.05) is 16.9 Å². The van der Waals surface area contributed by atoms with Gasteiger partial charge in [0.2, 0.25) is 5.78 Å². The van der Waals surface area contributed by atoms with Crippen LogP contribution in [-0.2, 0) is 4.74 Å². The SMILES string of the molecule is CCOC(=O)c1c(C)[nH]c(C(=O)[C@@H](C)[NH+]2CCN(c3ccc(C(C)=O)cc3)CC2)c1C. The average molecular weight is 427 g/mol. The van der Waals surface area contributed by atoms with Crippen LogP contribution in [0.3, 0.4) is 0 Å². The van der Waals surface area contributed by atoms with E-state index in [1.807, 2.05) is 31.2 Å². The third-order valence-electron chi connectivity index (χ3n) is 6.21. The smallest absolute Gasteiger partial charge is 0.340 e. The molecule has 0 bridgehead atoms. The summed E-state index contributed by atoms with van der Waals surface area (Å²) in [5.41, 5.74) is 4.11. The number of nitrogens with one attached hydrogen (secondary N) is 2. The molecule has 0 unspecified atom stereocenters. The number of anilines is 1. The van der Waals surface area contributed by atoms with E-state index < -0.39 is 5.97 Å². The summed E-state index contributed by atoms with van der Waals surface area (Å²) in [6.45, 7) is 12.5. The molecule has 1 aromatic heterocycles. The molecule has 0 amide bonds. The number of aromatic amines is 1. The van der Waals surface area contributed by atoms with E-state index in [1.54, 1.807) is 27.7 Å². The number of nitrogens with zero attached hydrogens (tertiary/aromatic N) is 1. The first-order valence-corrected chi connectivity index (χ1v) is 10.9. The molecule has 2 heterocycles. The van der Waals surface area contributed by atoms with Crippen molar-refractivity contribution in [2.75, 3.05) is 37.7 Å². The molecule has 0 saturated carbocycles. The number of hydrogen-bond donors (Lipinski definition) is 2. The maximum absolute atomic E-state index is 13.2. The minimum atomic E-state index is -0.391. The van der Waals surface area contributed by atoms with E-state index in [2.05, 4.69) is 9.88 Å². The number of Topliss-reactive ketones (excluding diaryl/α,β-unsaturated/α-hetero) is 2. The fraction of sp³-hybridized carbons (Fsp3) is 0.458. The number of carbonyl (C=O) groups is 3. The van der Waals surface area contributed by atoms with E-state index in [4.69, 9.17) is 4.74 Å². The molecular weight excluding hydrogens is 394 g/mol. The Labute approximate surface area is 183 Å². The summed E-state index contributed by atoms with van der Waals surface area (Å²) in [5, 5.41) is 0. The standard InChI is InChI=1S/C24H31N3O4/c1-6-31-24(30)21-15(2)22(25-16(21)3)23(29)17(4)26-11-13-27(14-12-26)20-9-7-19(8-10-20)18(5)28/h7-10,17,25H,6,11-14H2,1-5H3/p+1/t17-/m1/s1. The van der Waals surface area contributed by atoms with Crippen molar-refractivity contribution in [3.8, 4) is 0 Å². The normalized spacial score (nSPS) is 15.6. The van der Waals surface area contributed by atoms with E-state index in [-0.39, 0.29) is 17.6 Å². The molecule has 1 aromatic carbocycles. The molecule has 1 aliphatic heterocycles. The molecule has 0 radical (unpaired) electrons. The van der Waals surface area contributed by atoms with Crippen LogP contribution in [0, 0.1) is 13.8 Å². The van der Waals surface area contributed by atoms with Crippen molar-refractivity contribution in [2.24, 2.45) is 0 Å². The van der Waals surface area contributed by atoms with E-state index in [9.17, 15) is 14.4 Å². The summed E-state index contributed by atoms with van der Waals surface area (Å²) in [6.07, 6.45) is 0. The maximum Gasteiger partial charge on any atom is 0.340 e. The van der Waals surface area contributed by atoms with Gasteiger partial charge in [0.05, 0.1) is 44.0 Å². The lowest BCUT2D eigenvalue weighted by atomic mass is 10.0. The van der Waals surface area contributed by atoms with Gasteiger partial charge in [-0.05, 0) is 64.4 Å². The summed E-state index contributed by atoms with van der Waals surface area (Å²) in [6, 6.07) is 7.48. The number of aryl methyl sites for hydroxylation is 1. The van der Waals surface area contributed by atoms with Crippen LogP contribution >= 0.6 is 0 Å². The minimum Gasteiger partial charge on any atom is -0.462 e. The van der Waals surface area contributed by atoms with Gasteiger partial charge in [-0.2, -0.15) is 0 Å². The van der Waals surface area contributed by atoms with Gasteiger partial charge in [-0.3, -0.25) is 9.59 Å². The molecule has 1 saturated heterocycles. The van der Waals surface area contributed by atoms with Crippen molar-refractivity contribution in [3.63, 3.8) is 0 Å². The van der Waals surface area contributed by atoms with Crippen molar-refractivity contribution in [3.05, 3.63) is 52.3 Å². The Morgan fingerprint density at radius 1 is 1.13 bits per heavy atom. The van der Waals surface area contributed by atoms with Crippen LogP contribution in [0.5, 0.6) is 0 Å². The first-order valence-electron chi connectivity index (χ1n) is 10.9. The quantitative estimate of drug-likeness (QED) is 0.523. The molecule has 1 atom stereocenters. The summed E-state index contributed by atoms with van der Waals surface area (Å²) in [7, 11) is 0. The van der Waals surface area contributed by atoms with Gasteiger partial charge in [-0.25, -0.2) is 4.79 Å². The molecule has 1 aliphatic rings. The Balaban J connectivity index is 1.66. The number of hydrogen-bond acceptors (Lipinski definition) is 5. The highest BCUT2D eigenvalue weighted by atomic mass is 16.5. The fourth-order valence-electron chi connectivity index (χ4n) is 4.30. The average Bonchev–Trinajstić information content (AvgIpc) is 3.07. The summed E-state index contributed by atoms with van der Waals surface area (Å²) >= 11 is 0. The second kappa shape index (κ2) is 9.47. The number of piperazine rings is 1. The molecule has 2 aromatic rings. The maximum atomic E-state index is 13.2. The topological polar surface area (TPSA) is 83.9 Å². The Bertz CT molecular complexity index is 969. The van der Waals surface area contributed by atoms with E-state index in [0.717, 1.165) is 31.9 Å². The second-order valence-corrected chi connectivity index (χ2v) is 8.18. The lowest BCUT2D eigenvalue weighted by Crippen LogP contribution is -3.18. The highest BCUT2D eigenvalue weighted by molar-refractivity contribution is 6.03. The lowest BCUT2D eigenvalue weighted by molar-refractivity contribution is -0.914. The van der Waals surface area contributed by atoms with Crippen LogP contribution in [0.2, 0.25) is 0 Å². The number of benzene rings is 1. The van der Waals surface area contributed by atoms with E-state index in [1.165, 1.54) is 4.90 Å². The summed E-state index contributed by atoms with van der Waals surface area (Å²) in [4.78, 5) is 43.6. The number of aromatic nitrogens is 1. The predicted molar refractivity (Wildman–Crippen MR) is 119 cm³/mol. The monoisotopic (exact) mass is 426 g/mol. The molecule has 7 heteroatoms. The third kappa shape index (κ3) is 4.71. The van der Waals surface area contributed by atoms with Gasteiger partial charge < -0.3 is 19.5 Å². The lowest BCUT2D eigenvalue weighted by Gasteiger charge is -2.36. The van der Waals surface area contributed by atoms with Crippen molar-refractivity contribution in [1.29, 1.82) is 0 Å². The van der Waals surface area contributed by atoms with Crippen LogP contribution in [0.4, 0.5) is 5.69 Å². The Hall–Kier alpha value is -2.93. The number of quaternary nitrogens is 1. The van der Waals surface area contributed by atoms with Crippen LogP contribution in [0.1, 0.15) is 63.2 Å². The number of carbonyl (C=O) groups excluding carboxylic acids is 3. The zero-order valence-corrected chi connectivity index (χ0v) is 19.0. The van der Waals surface area contributed by atoms with Gasteiger partial charge in [-0.1, -0.05) is 0 Å². The number of H-pyrrole nitrogens is 1.